The summed E-state index contributed by atoms with van der Waals surface area (Å²) in [5.41, 5.74) is 3.44. The molecule has 0 bridgehead atoms. The number of fused-ring (bicyclic) bond motifs is 1. The molecule has 0 amide bonds. The van der Waals surface area contributed by atoms with Crippen molar-refractivity contribution in [2.45, 2.75) is 32.3 Å². The van der Waals surface area contributed by atoms with Gasteiger partial charge >= 0.3 is 0 Å². The van der Waals surface area contributed by atoms with Crippen molar-refractivity contribution in [3.63, 3.8) is 0 Å². The average molecular weight is 274 g/mol. The van der Waals surface area contributed by atoms with Gasteiger partial charge in [-0.1, -0.05) is 13.0 Å². The Hall–Kier alpha value is -1.32. The van der Waals surface area contributed by atoms with E-state index in [1.807, 2.05) is 12.1 Å². The summed E-state index contributed by atoms with van der Waals surface area (Å²) in [6.07, 6.45) is 2.55. The predicted molar refractivity (Wildman–Crippen MR) is 78.0 cm³/mol. The minimum Gasteiger partial charge on any atom is -0.493 e. The summed E-state index contributed by atoms with van der Waals surface area (Å²) in [6, 6.07) is 8.17. The van der Waals surface area contributed by atoms with Crippen LogP contribution in [-0.4, -0.2) is 11.7 Å². The highest BCUT2D eigenvalue weighted by Crippen LogP contribution is 2.33. The van der Waals surface area contributed by atoms with Gasteiger partial charge in [0.15, 0.2) is 0 Å². The van der Waals surface area contributed by atoms with E-state index in [1.54, 1.807) is 11.3 Å². The van der Waals surface area contributed by atoms with E-state index in [1.165, 1.54) is 11.1 Å². The number of aliphatic hydroxyl groups excluding tert-OH is 1. The van der Waals surface area contributed by atoms with E-state index >= 15 is 0 Å². The Bertz CT molecular complexity index is 574. The zero-order valence-corrected chi connectivity index (χ0v) is 11.9. The Labute approximate surface area is 117 Å². The van der Waals surface area contributed by atoms with Crippen molar-refractivity contribution in [2.75, 3.05) is 6.61 Å². The van der Waals surface area contributed by atoms with E-state index in [0.29, 0.717) is 0 Å². The highest BCUT2D eigenvalue weighted by Gasteiger charge is 2.18. The summed E-state index contributed by atoms with van der Waals surface area (Å²) in [6.45, 7) is 2.93. The van der Waals surface area contributed by atoms with Gasteiger partial charge in [-0.15, -0.1) is 11.3 Å². The summed E-state index contributed by atoms with van der Waals surface area (Å²) in [7, 11) is 0. The minimum absolute atomic E-state index is 0.512. The normalized spacial score (nSPS) is 15.7. The smallest absolute Gasteiger partial charge is 0.122 e. The van der Waals surface area contributed by atoms with Crippen molar-refractivity contribution >= 4 is 11.3 Å². The molecule has 2 nitrogen and oxygen atoms in total. The summed E-state index contributed by atoms with van der Waals surface area (Å²) in [4.78, 5) is 1.07. The number of rotatable bonds is 3. The molecule has 1 aliphatic heterocycles. The zero-order valence-electron chi connectivity index (χ0n) is 11.1. The SMILES string of the molecule is CCc1ccsc1C(O)c1ccc2c(c1)CCCO2. The van der Waals surface area contributed by atoms with Crippen LogP contribution < -0.4 is 4.74 Å². The van der Waals surface area contributed by atoms with Crippen molar-refractivity contribution < 1.29 is 9.84 Å². The number of thiophene rings is 1. The first kappa shape index (κ1) is 12.7. The summed E-state index contributed by atoms with van der Waals surface area (Å²) < 4.78 is 5.61. The molecule has 1 N–H and O–H groups in total. The largest absolute Gasteiger partial charge is 0.493 e. The Morgan fingerprint density at radius 2 is 2.26 bits per heavy atom. The molecule has 0 radical (unpaired) electrons. The Morgan fingerprint density at radius 3 is 3.11 bits per heavy atom. The lowest BCUT2D eigenvalue weighted by Gasteiger charge is -2.19. The van der Waals surface area contributed by atoms with Crippen molar-refractivity contribution in [3.8, 4) is 5.75 Å². The first-order chi connectivity index (χ1) is 9.29. The molecule has 3 heteroatoms. The van der Waals surface area contributed by atoms with Gasteiger partial charge in [0.25, 0.3) is 0 Å². The standard InChI is InChI=1S/C16H18O2S/c1-2-11-7-9-19-16(11)15(17)13-5-6-14-12(10-13)4-3-8-18-14/h5-7,9-10,15,17H,2-4,8H2,1H3. The third-order valence-electron chi connectivity index (χ3n) is 3.66. The predicted octanol–water partition coefficient (Wildman–Crippen LogP) is 3.72. The van der Waals surface area contributed by atoms with Crippen molar-refractivity contribution in [1.82, 2.24) is 0 Å². The number of hydrogen-bond acceptors (Lipinski definition) is 3. The van der Waals surface area contributed by atoms with E-state index in [-0.39, 0.29) is 0 Å². The van der Waals surface area contributed by atoms with Gasteiger partial charge in [-0.05, 0) is 59.5 Å². The number of benzene rings is 1. The molecule has 1 atom stereocenters. The topological polar surface area (TPSA) is 29.5 Å². The quantitative estimate of drug-likeness (QED) is 0.924. The molecule has 1 unspecified atom stereocenters. The van der Waals surface area contributed by atoms with Crippen LogP contribution in [0.5, 0.6) is 5.75 Å². The number of ether oxygens (including phenoxy) is 1. The highest BCUT2D eigenvalue weighted by molar-refractivity contribution is 7.10. The molecule has 0 saturated heterocycles. The summed E-state index contributed by atoms with van der Waals surface area (Å²) in [5.74, 6) is 0.976. The van der Waals surface area contributed by atoms with Gasteiger partial charge in [-0.25, -0.2) is 0 Å². The molecule has 0 aliphatic carbocycles. The second-order valence-corrected chi connectivity index (χ2v) is 5.83. The van der Waals surface area contributed by atoms with Gasteiger partial charge in [-0.3, -0.25) is 0 Å². The second-order valence-electron chi connectivity index (χ2n) is 4.89. The maximum atomic E-state index is 10.6. The third-order valence-corrected chi connectivity index (χ3v) is 4.67. The lowest BCUT2D eigenvalue weighted by molar-refractivity contribution is 0.222. The van der Waals surface area contributed by atoms with Crippen LogP contribution in [0.15, 0.2) is 29.6 Å². The molecule has 0 fully saturated rings. The van der Waals surface area contributed by atoms with Crippen LogP contribution in [-0.2, 0) is 12.8 Å². The van der Waals surface area contributed by atoms with E-state index in [0.717, 1.165) is 42.1 Å². The van der Waals surface area contributed by atoms with E-state index < -0.39 is 6.10 Å². The van der Waals surface area contributed by atoms with Crippen molar-refractivity contribution in [1.29, 1.82) is 0 Å². The third kappa shape index (κ3) is 2.40. The molecular formula is C16H18O2S. The fourth-order valence-corrected chi connectivity index (χ4v) is 3.59. The monoisotopic (exact) mass is 274 g/mol. The number of aliphatic hydroxyl groups is 1. The first-order valence-electron chi connectivity index (χ1n) is 6.79. The molecule has 1 aliphatic rings. The molecule has 19 heavy (non-hydrogen) atoms. The van der Waals surface area contributed by atoms with Crippen LogP contribution in [0.2, 0.25) is 0 Å². The maximum Gasteiger partial charge on any atom is 0.122 e. The Balaban J connectivity index is 1.93. The van der Waals surface area contributed by atoms with Crippen molar-refractivity contribution in [2.24, 2.45) is 0 Å². The lowest BCUT2D eigenvalue weighted by atomic mass is 9.98. The lowest BCUT2D eigenvalue weighted by Crippen LogP contribution is -2.09. The first-order valence-corrected chi connectivity index (χ1v) is 7.67. The Kier molecular flexibility index (Phi) is 3.58. The molecule has 0 spiro atoms. The Morgan fingerprint density at radius 1 is 1.37 bits per heavy atom. The van der Waals surface area contributed by atoms with Gasteiger partial charge in [-0.2, -0.15) is 0 Å². The van der Waals surface area contributed by atoms with Crippen LogP contribution >= 0.6 is 11.3 Å². The van der Waals surface area contributed by atoms with Gasteiger partial charge in [0.2, 0.25) is 0 Å². The number of hydrogen-bond donors (Lipinski definition) is 1. The van der Waals surface area contributed by atoms with Crippen LogP contribution in [0.3, 0.4) is 0 Å². The van der Waals surface area contributed by atoms with E-state index in [2.05, 4.69) is 24.4 Å². The van der Waals surface area contributed by atoms with Crippen LogP contribution in [0.4, 0.5) is 0 Å². The van der Waals surface area contributed by atoms with Gasteiger partial charge in [0, 0.05) is 4.88 Å². The highest BCUT2D eigenvalue weighted by atomic mass is 32.1. The molecule has 3 rings (SSSR count). The molecular weight excluding hydrogens is 256 g/mol. The maximum absolute atomic E-state index is 10.6. The van der Waals surface area contributed by atoms with E-state index in [4.69, 9.17) is 4.74 Å². The molecule has 1 aromatic carbocycles. The molecule has 2 heterocycles. The van der Waals surface area contributed by atoms with E-state index in [9.17, 15) is 5.11 Å². The summed E-state index contributed by atoms with van der Waals surface area (Å²) in [5, 5.41) is 12.6. The fraction of sp³-hybridized carbons (Fsp3) is 0.375. The van der Waals surface area contributed by atoms with Crippen LogP contribution in [0.1, 0.15) is 41.0 Å². The molecule has 2 aromatic rings. The molecule has 0 saturated carbocycles. The van der Waals surface area contributed by atoms with Crippen LogP contribution in [0.25, 0.3) is 0 Å². The second kappa shape index (κ2) is 5.35. The number of aryl methyl sites for hydroxylation is 2. The van der Waals surface area contributed by atoms with Gasteiger partial charge < -0.3 is 9.84 Å². The summed E-state index contributed by atoms with van der Waals surface area (Å²) >= 11 is 1.63. The van der Waals surface area contributed by atoms with Gasteiger partial charge in [0.1, 0.15) is 11.9 Å². The minimum atomic E-state index is -0.512. The molecule has 100 valence electrons. The molecule has 1 aromatic heterocycles. The average Bonchev–Trinajstić information content (AvgIpc) is 2.94. The van der Waals surface area contributed by atoms with Crippen LogP contribution in [0, 0.1) is 0 Å². The van der Waals surface area contributed by atoms with Crippen molar-refractivity contribution in [3.05, 3.63) is 51.2 Å². The van der Waals surface area contributed by atoms with Gasteiger partial charge in [0.05, 0.1) is 6.61 Å². The fourth-order valence-electron chi connectivity index (χ4n) is 2.58. The zero-order chi connectivity index (χ0) is 13.2.